The number of sulfone groups is 1. The Kier molecular flexibility index (Phi) is 6.09. The quantitative estimate of drug-likeness (QED) is 0.657. The number of aromatic nitrogens is 1. The van der Waals surface area contributed by atoms with E-state index in [1.807, 2.05) is 0 Å². The van der Waals surface area contributed by atoms with Gasteiger partial charge in [0.1, 0.15) is 11.0 Å². The van der Waals surface area contributed by atoms with Gasteiger partial charge in [-0.25, -0.2) is 8.42 Å². The summed E-state index contributed by atoms with van der Waals surface area (Å²) in [5.41, 5.74) is 1.69. The number of hydrogen-bond acceptors (Lipinski definition) is 5. The van der Waals surface area contributed by atoms with Gasteiger partial charge in [0.2, 0.25) is 0 Å². The third kappa shape index (κ3) is 4.67. The molecule has 0 saturated carbocycles. The maximum Gasteiger partial charge on any atom is 0.389 e. The number of ether oxygens (including phenoxy) is 1. The number of rotatable bonds is 6. The Morgan fingerprint density at radius 2 is 1.72 bits per heavy atom. The van der Waals surface area contributed by atoms with Crippen LogP contribution in [-0.4, -0.2) is 43.8 Å². The van der Waals surface area contributed by atoms with Gasteiger partial charge in [-0.05, 0) is 37.0 Å². The monoisotopic (exact) mass is 427 g/mol. The number of carbonyl (C=O) groups is 1. The predicted octanol–water partition coefficient (Wildman–Crippen LogP) is 3.77. The second kappa shape index (κ2) is 8.23. The molecule has 0 amide bonds. The Labute approximate surface area is 166 Å². The molecule has 0 atom stereocenters. The first-order valence-electron chi connectivity index (χ1n) is 9.08. The van der Waals surface area contributed by atoms with E-state index in [9.17, 15) is 26.4 Å². The zero-order valence-electron chi connectivity index (χ0n) is 15.5. The number of halogens is 3. The molecule has 0 unspecified atom stereocenters. The summed E-state index contributed by atoms with van der Waals surface area (Å²) in [5, 5.41) is 0. The lowest BCUT2D eigenvalue weighted by Crippen LogP contribution is -2.45. The first-order valence-corrected chi connectivity index (χ1v) is 10.6. The van der Waals surface area contributed by atoms with Crippen molar-refractivity contribution in [1.82, 2.24) is 4.98 Å². The van der Waals surface area contributed by atoms with E-state index in [-0.39, 0.29) is 37.4 Å². The summed E-state index contributed by atoms with van der Waals surface area (Å²) in [5.74, 6) is 0. The van der Waals surface area contributed by atoms with Gasteiger partial charge < -0.3 is 9.53 Å². The van der Waals surface area contributed by atoms with E-state index in [1.54, 1.807) is 24.3 Å². The van der Waals surface area contributed by atoms with Crippen LogP contribution in [0.2, 0.25) is 0 Å². The fraction of sp³-hybridized carbons (Fsp3) is 0.400. The minimum absolute atomic E-state index is 0.0444. The molecule has 0 spiro atoms. The Hall–Kier alpha value is -2.26. The summed E-state index contributed by atoms with van der Waals surface area (Å²) in [6.45, 7) is 0.397. The van der Waals surface area contributed by atoms with Crippen molar-refractivity contribution in [2.75, 3.05) is 13.2 Å². The van der Waals surface area contributed by atoms with Gasteiger partial charge in [-0.15, -0.1) is 0 Å². The number of alkyl halides is 3. The molecule has 5 nitrogen and oxygen atoms in total. The zero-order chi connectivity index (χ0) is 21.1. The number of aldehydes is 1. The molecule has 1 aromatic heterocycles. The van der Waals surface area contributed by atoms with E-state index < -0.39 is 27.2 Å². The summed E-state index contributed by atoms with van der Waals surface area (Å²) in [4.78, 5) is 15.8. The van der Waals surface area contributed by atoms with Gasteiger partial charge >= 0.3 is 6.18 Å². The second-order valence-electron chi connectivity index (χ2n) is 6.99. The SMILES string of the molecule is O=CC1(S(=O)(=O)c2ccc(-c3ccc(CCC(F)(F)F)cc3)nc2)CCOCC1. The summed E-state index contributed by atoms with van der Waals surface area (Å²) >= 11 is 0. The van der Waals surface area contributed by atoms with Crippen molar-refractivity contribution < 1.29 is 31.1 Å². The molecule has 0 aliphatic carbocycles. The van der Waals surface area contributed by atoms with Crippen molar-refractivity contribution in [2.45, 2.75) is 41.5 Å². The minimum Gasteiger partial charge on any atom is -0.381 e. The molecule has 2 heterocycles. The highest BCUT2D eigenvalue weighted by molar-refractivity contribution is 7.93. The lowest BCUT2D eigenvalue weighted by atomic mass is 10.0. The third-order valence-electron chi connectivity index (χ3n) is 5.08. The molecule has 1 aliphatic heterocycles. The highest BCUT2D eigenvalue weighted by atomic mass is 32.2. The number of aryl methyl sites for hydroxylation is 1. The molecule has 2 aromatic rings. The number of carbonyl (C=O) groups excluding carboxylic acids is 1. The van der Waals surface area contributed by atoms with E-state index in [2.05, 4.69) is 4.98 Å². The van der Waals surface area contributed by atoms with Gasteiger partial charge in [-0.3, -0.25) is 4.98 Å². The Balaban J connectivity index is 1.78. The smallest absolute Gasteiger partial charge is 0.381 e. The standard InChI is InChI=1S/C20H20F3NO4S/c21-20(22,23)8-7-15-1-3-16(4-2-15)18-6-5-17(13-24-18)29(26,27)19(14-25)9-11-28-12-10-19/h1-6,13-14H,7-12H2. The molecule has 1 saturated heterocycles. The van der Waals surface area contributed by atoms with Crippen LogP contribution in [0.3, 0.4) is 0 Å². The van der Waals surface area contributed by atoms with Crippen molar-refractivity contribution in [3.8, 4) is 11.3 Å². The van der Waals surface area contributed by atoms with Crippen LogP contribution >= 0.6 is 0 Å². The molecule has 3 rings (SSSR count). The van der Waals surface area contributed by atoms with E-state index in [4.69, 9.17) is 4.74 Å². The fourth-order valence-corrected chi connectivity index (χ4v) is 4.98. The molecule has 156 valence electrons. The van der Waals surface area contributed by atoms with Crippen molar-refractivity contribution >= 4 is 16.1 Å². The van der Waals surface area contributed by atoms with Crippen molar-refractivity contribution in [2.24, 2.45) is 0 Å². The van der Waals surface area contributed by atoms with Crippen LogP contribution in [0.25, 0.3) is 11.3 Å². The molecule has 0 radical (unpaired) electrons. The van der Waals surface area contributed by atoms with Crippen molar-refractivity contribution in [1.29, 1.82) is 0 Å². The van der Waals surface area contributed by atoms with E-state index in [0.29, 0.717) is 23.1 Å². The predicted molar refractivity (Wildman–Crippen MR) is 100 cm³/mol. The average molecular weight is 427 g/mol. The van der Waals surface area contributed by atoms with Crippen LogP contribution in [0.1, 0.15) is 24.8 Å². The zero-order valence-corrected chi connectivity index (χ0v) is 16.3. The number of hydrogen-bond donors (Lipinski definition) is 0. The third-order valence-corrected chi connectivity index (χ3v) is 7.52. The molecule has 1 fully saturated rings. The molecule has 0 N–H and O–H groups in total. The van der Waals surface area contributed by atoms with Crippen LogP contribution in [0.15, 0.2) is 47.5 Å². The second-order valence-corrected chi connectivity index (χ2v) is 9.28. The topological polar surface area (TPSA) is 73.3 Å². The van der Waals surface area contributed by atoms with E-state index in [1.165, 1.54) is 18.3 Å². The maximum atomic E-state index is 13.0. The van der Waals surface area contributed by atoms with Crippen LogP contribution < -0.4 is 0 Å². The highest BCUT2D eigenvalue weighted by Crippen LogP contribution is 2.33. The molecule has 9 heteroatoms. The first-order chi connectivity index (χ1) is 13.7. The maximum absolute atomic E-state index is 13.0. The van der Waals surface area contributed by atoms with E-state index >= 15 is 0 Å². The minimum atomic E-state index is -4.20. The highest BCUT2D eigenvalue weighted by Gasteiger charge is 2.46. The van der Waals surface area contributed by atoms with E-state index in [0.717, 1.165) is 0 Å². The summed E-state index contributed by atoms with van der Waals surface area (Å²) < 4.78 is 66.6. The normalized spacial score (nSPS) is 17.1. The summed E-state index contributed by atoms with van der Waals surface area (Å²) in [7, 11) is -3.92. The number of benzene rings is 1. The number of nitrogens with zero attached hydrogens (tertiary/aromatic N) is 1. The lowest BCUT2D eigenvalue weighted by molar-refractivity contribution is -0.134. The Morgan fingerprint density at radius 3 is 2.24 bits per heavy atom. The van der Waals surface area contributed by atoms with Crippen LogP contribution in [-0.2, 0) is 25.8 Å². The van der Waals surface area contributed by atoms with Crippen LogP contribution in [0, 0.1) is 0 Å². The Morgan fingerprint density at radius 1 is 1.07 bits per heavy atom. The molecular formula is C20H20F3NO4S. The first kappa shape index (κ1) is 21.4. The van der Waals surface area contributed by atoms with Gasteiger partial charge in [0.15, 0.2) is 9.84 Å². The number of pyridine rings is 1. The summed E-state index contributed by atoms with van der Waals surface area (Å²) in [6, 6.07) is 9.40. The lowest BCUT2D eigenvalue weighted by Gasteiger charge is -2.31. The van der Waals surface area contributed by atoms with Gasteiger partial charge in [-0.2, -0.15) is 13.2 Å². The fourth-order valence-electron chi connectivity index (χ4n) is 3.24. The van der Waals surface area contributed by atoms with Crippen LogP contribution in [0.4, 0.5) is 13.2 Å². The molecule has 0 bridgehead atoms. The molecule has 1 aliphatic rings. The Bertz CT molecular complexity index is 949. The average Bonchev–Trinajstić information content (AvgIpc) is 2.72. The molecule has 1 aromatic carbocycles. The van der Waals surface area contributed by atoms with Crippen molar-refractivity contribution in [3.05, 3.63) is 48.2 Å². The molecular weight excluding hydrogens is 407 g/mol. The van der Waals surface area contributed by atoms with Crippen molar-refractivity contribution in [3.63, 3.8) is 0 Å². The van der Waals surface area contributed by atoms with Crippen LogP contribution in [0.5, 0.6) is 0 Å². The molecule has 29 heavy (non-hydrogen) atoms. The summed E-state index contributed by atoms with van der Waals surface area (Å²) in [6.07, 6.45) is -3.31. The largest absolute Gasteiger partial charge is 0.389 e. The van der Waals surface area contributed by atoms with Gasteiger partial charge in [0, 0.05) is 31.4 Å². The van der Waals surface area contributed by atoms with Gasteiger partial charge in [0.05, 0.1) is 10.6 Å². The van der Waals surface area contributed by atoms with Gasteiger partial charge in [-0.1, -0.05) is 24.3 Å². The van der Waals surface area contributed by atoms with Gasteiger partial charge in [0.25, 0.3) is 0 Å².